The molecular weight excluding hydrogens is 210 g/mol. The highest BCUT2D eigenvalue weighted by atomic mass is 16.5. The van der Waals surface area contributed by atoms with Crippen molar-refractivity contribution in [1.29, 1.82) is 0 Å². The third kappa shape index (κ3) is 2.81. The number of benzene rings is 1. The Morgan fingerprint density at radius 3 is 2.35 bits per heavy atom. The van der Waals surface area contributed by atoms with Gasteiger partial charge in [0.25, 0.3) is 0 Å². The van der Waals surface area contributed by atoms with Crippen molar-refractivity contribution in [2.75, 3.05) is 24.7 Å². The minimum absolute atomic E-state index is 0.231. The van der Waals surface area contributed by atoms with Crippen LogP contribution in [0.25, 0.3) is 0 Å². The molecule has 1 aliphatic rings. The Bertz CT molecular complexity index is 364. The van der Waals surface area contributed by atoms with E-state index in [9.17, 15) is 0 Å². The highest BCUT2D eigenvalue weighted by Crippen LogP contribution is 2.26. The number of ether oxygens (including phenoxy) is 1. The minimum Gasteiger partial charge on any atom is -0.377 e. The van der Waals surface area contributed by atoms with E-state index in [2.05, 4.69) is 56.9 Å². The van der Waals surface area contributed by atoms with Gasteiger partial charge in [-0.05, 0) is 30.0 Å². The Balaban J connectivity index is 2.17. The van der Waals surface area contributed by atoms with E-state index < -0.39 is 0 Å². The summed E-state index contributed by atoms with van der Waals surface area (Å²) in [6.07, 6.45) is 0. The number of anilines is 1. The van der Waals surface area contributed by atoms with Gasteiger partial charge in [-0.3, -0.25) is 0 Å². The van der Waals surface area contributed by atoms with E-state index in [0.717, 1.165) is 19.8 Å². The molecule has 1 atom stereocenters. The molecule has 17 heavy (non-hydrogen) atoms. The van der Waals surface area contributed by atoms with Crippen molar-refractivity contribution in [3.8, 4) is 0 Å². The quantitative estimate of drug-likeness (QED) is 0.738. The molecule has 0 spiro atoms. The average Bonchev–Trinajstić information content (AvgIpc) is 2.29. The Hall–Kier alpha value is -1.02. The first-order valence-corrected chi connectivity index (χ1v) is 6.43. The predicted molar refractivity (Wildman–Crippen MR) is 72.8 cm³/mol. The summed E-state index contributed by atoms with van der Waals surface area (Å²) in [6, 6.07) is 9.45. The highest BCUT2D eigenvalue weighted by Gasteiger charge is 2.20. The van der Waals surface area contributed by atoms with Crippen LogP contribution < -0.4 is 4.90 Å². The molecule has 2 heteroatoms. The van der Waals surface area contributed by atoms with Crippen LogP contribution >= 0.6 is 0 Å². The van der Waals surface area contributed by atoms with Gasteiger partial charge in [-0.15, -0.1) is 0 Å². The molecule has 1 aromatic rings. The number of hydrogen-bond acceptors (Lipinski definition) is 2. The standard InChI is InChI=1S/C15H23NO/c1-12-11-17-10-9-16(12)14-7-5-13(6-8-14)15(2,3)4/h5-8,12H,9-11H2,1-4H3. The lowest BCUT2D eigenvalue weighted by Crippen LogP contribution is -2.43. The molecule has 0 radical (unpaired) electrons. The van der Waals surface area contributed by atoms with Crippen molar-refractivity contribution in [2.45, 2.75) is 39.2 Å². The van der Waals surface area contributed by atoms with Crippen molar-refractivity contribution >= 4 is 5.69 Å². The van der Waals surface area contributed by atoms with Crippen molar-refractivity contribution in [1.82, 2.24) is 0 Å². The lowest BCUT2D eigenvalue weighted by atomic mass is 9.87. The molecule has 2 rings (SSSR count). The minimum atomic E-state index is 0.231. The van der Waals surface area contributed by atoms with E-state index in [1.807, 2.05) is 0 Å². The fraction of sp³-hybridized carbons (Fsp3) is 0.600. The maximum atomic E-state index is 5.47. The van der Waals surface area contributed by atoms with Crippen LogP contribution in [0.3, 0.4) is 0 Å². The molecule has 1 heterocycles. The first-order valence-electron chi connectivity index (χ1n) is 6.43. The van der Waals surface area contributed by atoms with Crippen LogP contribution in [0.4, 0.5) is 5.69 Å². The van der Waals surface area contributed by atoms with Gasteiger partial charge in [-0.1, -0.05) is 32.9 Å². The third-order valence-electron chi connectivity index (χ3n) is 3.43. The largest absolute Gasteiger partial charge is 0.377 e. The molecule has 2 nitrogen and oxygen atoms in total. The van der Waals surface area contributed by atoms with E-state index in [1.165, 1.54) is 11.3 Å². The summed E-state index contributed by atoms with van der Waals surface area (Å²) in [6.45, 7) is 11.6. The van der Waals surface area contributed by atoms with Crippen LogP contribution in [-0.4, -0.2) is 25.8 Å². The first-order chi connectivity index (χ1) is 7.98. The molecule has 0 bridgehead atoms. The molecule has 0 amide bonds. The van der Waals surface area contributed by atoms with Gasteiger partial charge in [-0.2, -0.15) is 0 Å². The smallest absolute Gasteiger partial charge is 0.0668 e. The summed E-state index contributed by atoms with van der Waals surface area (Å²) in [5.41, 5.74) is 2.94. The molecule has 1 aromatic carbocycles. The first kappa shape index (κ1) is 12.4. The predicted octanol–water partition coefficient (Wildman–Crippen LogP) is 3.21. The van der Waals surface area contributed by atoms with Gasteiger partial charge in [0.05, 0.1) is 13.2 Å². The van der Waals surface area contributed by atoms with Gasteiger partial charge in [-0.25, -0.2) is 0 Å². The van der Waals surface area contributed by atoms with Gasteiger partial charge < -0.3 is 9.64 Å². The number of hydrogen-bond donors (Lipinski definition) is 0. The second-order valence-corrected chi connectivity index (χ2v) is 5.91. The fourth-order valence-corrected chi connectivity index (χ4v) is 2.26. The second-order valence-electron chi connectivity index (χ2n) is 5.91. The molecule has 0 N–H and O–H groups in total. The Morgan fingerprint density at radius 2 is 1.82 bits per heavy atom. The Morgan fingerprint density at radius 1 is 1.18 bits per heavy atom. The lowest BCUT2D eigenvalue weighted by Gasteiger charge is -2.35. The molecule has 1 aliphatic heterocycles. The zero-order chi connectivity index (χ0) is 12.5. The maximum Gasteiger partial charge on any atom is 0.0668 e. The van der Waals surface area contributed by atoms with Crippen LogP contribution in [0.5, 0.6) is 0 Å². The molecule has 1 saturated heterocycles. The molecule has 0 aromatic heterocycles. The van der Waals surface area contributed by atoms with E-state index in [4.69, 9.17) is 4.74 Å². The topological polar surface area (TPSA) is 12.5 Å². The van der Waals surface area contributed by atoms with Gasteiger partial charge in [0.2, 0.25) is 0 Å². The van der Waals surface area contributed by atoms with Gasteiger partial charge in [0, 0.05) is 18.3 Å². The summed E-state index contributed by atoms with van der Waals surface area (Å²) < 4.78 is 5.47. The summed E-state index contributed by atoms with van der Waals surface area (Å²) >= 11 is 0. The molecular formula is C15H23NO. The normalized spacial score (nSPS) is 21.6. The fourth-order valence-electron chi connectivity index (χ4n) is 2.26. The monoisotopic (exact) mass is 233 g/mol. The SMILES string of the molecule is CC1COCCN1c1ccc(C(C)(C)C)cc1. The third-order valence-corrected chi connectivity index (χ3v) is 3.43. The van der Waals surface area contributed by atoms with Crippen LogP contribution in [0.15, 0.2) is 24.3 Å². The zero-order valence-electron chi connectivity index (χ0n) is 11.4. The van der Waals surface area contributed by atoms with Crippen molar-refractivity contribution in [3.05, 3.63) is 29.8 Å². The van der Waals surface area contributed by atoms with E-state index >= 15 is 0 Å². The molecule has 1 unspecified atom stereocenters. The van der Waals surface area contributed by atoms with E-state index in [0.29, 0.717) is 6.04 Å². The molecule has 1 fully saturated rings. The number of morpholine rings is 1. The van der Waals surface area contributed by atoms with E-state index in [1.54, 1.807) is 0 Å². The molecule has 0 saturated carbocycles. The van der Waals surface area contributed by atoms with Gasteiger partial charge >= 0.3 is 0 Å². The summed E-state index contributed by atoms with van der Waals surface area (Å²) in [5, 5.41) is 0. The molecule has 94 valence electrons. The van der Waals surface area contributed by atoms with Crippen LogP contribution in [0.1, 0.15) is 33.3 Å². The van der Waals surface area contributed by atoms with Crippen molar-refractivity contribution in [2.24, 2.45) is 0 Å². The number of nitrogens with zero attached hydrogens (tertiary/aromatic N) is 1. The summed E-state index contributed by atoms with van der Waals surface area (Å²) in [5.74, 6) is 0. The summed E-state index contributed by atoms with van der Waals surface area (Å²) in [4.78, 5) is 2.43. The zero-order valence-corrected chi connectivity index (χ0v) is 11.4. The average molecular weight is 233 g/mol. The molecule has 0 aliphatic carbocycles. The van der Waals surface area contributed by atoms with Crippen molar-refractivity contribution < 1.29 is 4.74 Å². The van der Waals surface area contributed by atoms with Gasteiger partial charge in [0.1, 0.15) is 0 Å². The summed E-state index contributed by atoms with van der Waals surface area (Å²) in [7, 11) is 0. The Labute approximate surface area is 105 Å². The lowest BCUT2D eigenvalue weighted by molar-refractivity contribution is 0.0989. The van der Waals surface area contributed by atoms with Crippen LogP contribution in [0, 0.1) is 0 Å². The second kappa shape index (κ2) is 4.69. The van der Waals surface area contributed by atoms with Crippen LogP contribution in [-0.2, 0) is 10.2 Å². The maximum absolute atomic E-state index is 5.47. The number of rotatable bonds is 1. The van der Waals surface area contributed by atoms with E-state index in [-0.39, 0.29) is 5.41 Å². The van der Waals surface area contributed by atoms with Crippen LogP contribution in [0.2, 0.25) is 0 Å². The van der Waals surface area contributed by atoms with Gasteiger partial charge in [0.15, 0.2) is 0 Å². The highest BCUT2D eigenvalue weighted by molar-refractivity contribution is 5.49. The van der Waals surface area contributed by atoms with Crippen molar-refractivity contribution in [3.63, 3.8) is 0 Å². The Kier molecular flexibility index (Phi) is 3.43.